The van der Waals surface area contributed by atoms with Gasteiger partial charge in [-0.1, -0.05) is 22.4 Å². The average Bonchev–Trinajstić information content (AvgIpc) is 2.96. The van der Waals surface area contributed by atoms with Gasteiger partial charge in [0.1, 0.15) is 28.0 Å². The van der Waals surface area contributed by atoms with Crippen LogP contribution >= 0.6 is 15.9 Å². The molecule has 0 aromatic heterocycles. The van der Waals surface area contributed by atoms with Gasteiger partial charge in [0.25, 0.3) is 0 Å². The van der Waals surface area contributed by atoms with Gasteiger partial charge < -0.3 is 9.47 Å². The third kappa shape index (κ3) is 3.33. The van der Waals surface area contributed by atoms with Gasteiger partial charge in [0.2, 0.25) is 0 Å². The smallest absolute Gasteiger partial charge is 0.350 e. The summed E-state index contributed by atoms with van der Waals surface area (Å²) in [6, 6.07) is 0. The van der Waals surface area contributed by atoms with Gasteiger partial charge in [-0.05, 0) is 46.0 Å². The molecule has 2 saturated carbocycles. The molecule has 0 N–H and O–H groups in total. The predicted octanol–water partition coefficient (Wildman–Crippen LogP) is 2.77. The van der Waals surface area contributed by atoms with Crippen LogP contribution in [0.5, 0.6) is 0 Å². The summed E-state index contributed by atoms with van der Waals surface area (Å²) >= 11 is 3.72. The number of nitrogens with zero attached hydrogens (tertiary/aromatic N) is 3. The maximum absolute atomic E-state index is 11.9. The Kier molecular flexibility index (Phi) is 6.28. The van der Waals surface area contributed by atoms with E-state index in [1.807, 2.05) is 0 Å². The lowest BCUT2D eigenvalue weighted by molar-refractivity contribution is -0.853. The second kappa shape index (κ2) is 8.07. The van der Waals surface area contributed by atoms with Gasteiger partial charge in [-0.3, -0.25) is 29.9 Å². The van der Waals surface area contributed by atoms with Crippen molar-refractivity contribution in [1.82, 2.24) is 5.23 Å². The van der Waals surface area contributed by atoms with Crippen molar-refractivity contribution in [3.05, 3.63) is 20.2 Å². The second-order valence-electron chi connectivity index (χ2n) is 7.43. The molecule has 11 nitrogen and oxygen atoms in total. The van der Waals surface area contributed by atoms with Crippen molar-refractivity contribution >= 4 is 15.9 Å². The number of ether oxygens (including phenoxy) is 2. The molecule has 0 aromatic carbocycles. The van der Waals surface area contributed by atoms with E-state index in [1.54, 1.807) is 13.8 Å². The fourth-order valence-corrected chi connectivity index (χ4v) is 5.02. The second-order valence-corrected chi connectivity index (χ2v) is 8.95. The minimum absolute atomic E-state index is 0.268. The first-order valence-electron chi connectivity index (χ1n) is 9.62. The zero-order valence-corrected chi connectivity index (χ0v) is 17.6. The summed E-state index contributed by atoms with van der Waals surface area (Å²) in [5.41, 5.74) is -0.760. The van der Waals surface area contributed by atoms with Gasteiger partial charge in [-0.25, -0.2) is 0 Å². The Morgan fingerprint density at radius 1 is 1.11 bits per heavy atom. The SMILES string of the molecule is CCOC(OCC)C1CC([N+](=O)[O-])([N+](=O)[O-])N(OC2(C3(Br)CCC3)CCC2)O1. The highest BCUT2D eigenvalue weighted by Gasteiger charge is 2.74. The van der Waals surface area contributed by atoms with Crippen LogP contribution in [0, 0.1) is 20.2 Å². The summed E-state index contributed by atoms with van der Waals surface area (Å²) in [5.74, 6) is -2.76. The molecule has 1 aliphatic heterocycles. The van der Waals surface area contributed by atoms with Crippen LogP contribution in [0.4, 0.5) is 0 Å². The molecule has 0 amide bonds. The molecular formula is C16H26BrN3O8. The Bertz CT molecular complexity index is 593. The molecule has 160 valence electrons. The fraction of sp³-hybridized carbons (Fsp3) is 1.00. The Morgan fingerprint density at radius 2 is 1.64 bits per heavy atom. The third-order valence-corrected chi connectivity index (χ3v) is 7.45. The lowest BCUT2D eigenvalue weighted by Crippen LogP contribution is -2.66. The molecule has 1 atom stereocenters. The molecule has 0 spiro atoms. The molecule has 0 bridgehead atoms. The Morgan fingerprint density at radius 3 is 2.00 bits per heavy atom. The number of hydrogen-bond acceptors (Lipinski definition) is 9. The van der Waals surface area contributed by atoms with Crippen LogP contribution in [0.2, 0.25) is 0 Å². The molecule has 3 rings (SSSR count). The number of nitro groups is 2. The molecule has 1 heterocycles. The average molecular weight is 468 g/mol. The number of alkyl halides is 1. The van der Waals surface area contributed by atoms with Gasteiger partial charge in [-0.2, -0.15) is 0 Å². The summed E-state index contributed by atoms with van der Waals surface area (Å²) in [6.07, 6.45) is 2.30. The predicted molar refractivity (Wildman–Crippen MR) is 98.3 cm³/mol. The molecular weight excluding hydrogens is 442 g/mol. The summed E-state index contributed by atoms with van der Waals surface area (Å²) in [5, 5.41) is 24.2. The number of hydrogen-bond donors (Lipinski definition) is 0. The Hall–Kier alpha value is -0.920. The van der Waals surface area contributed by atoms with Gasteiger partial charge in [0, 0.05) is 13.2 Å². The Labute approximate surface area is 170 Å². The van der Waals surface area contributed by atoms with Crippen molar-refractivity contribution in [2.75, 3.05) is 13.2 Å². The molecule has 12 heteroatoms. The lowest BCUT2D eigenvalue weighted by atomic mass is 9.63. The quantitative estimate of drug-likeness (QED) is 0.206. The molecule has 1 saturated heterocycles. The number of rotatable bonds is 10. The summed E-state index contributed by atoms with van der Waals surface area (Å²) < 4.78 is 10.6. The van der Waals surface area contributed by atoms with Gasteiger partial charge in [0.05, 0.1) is 9.55 Å². The van der Waals surface area contributed by atoms with E-state index in [4.69, 9.17) is 19.1 Å². The molecule has 2 aliphatic carbocycles. The van der Waals surface area contributed by atoms with E-state index in [-0.39, 0.29) is 17.5 Å². The lowest BCUT2D eigenvalue weighted by Gasteiger charge is -2.56. The largest absolute Gasteiger partial charge is 0.569 e. The maximum Gasteiger partial charge on any atom is 0.569 e. The van der Waals surface area contributed by atoms with E-state index in [0.717, 1.165) is 25.7 Å². The van der Waals surface area contributed by atoms with Crippen molar-refractivity contribution < 1.29 is 29.0 Å². The molecule has 28 heavy (non-hydrogen) atoms. The number of halogens is 1. The van der Waals surface area contributed by atoms with E-state index in [1.165, 1.54) is 0 Å². The van der Waals surface area contributed by atoms with Gasteiger partial charge in [0.15, 0.2) is 6.29 Å². The molecule has 1 unspecified atom stereocenters. The van der Waals surface area contributed by atoms with Crippen molar-refractivity contribution in [1.29, 1.82) is 0 Å². The first kappa shape index (κ1) is 21.8. The monoisotopic (exact) mass is 467 g/mol. The van der Waals surface area contributed by atoms with E-state index in [2.05, 4.69) is 15.9 Å². The van der Waals surface area contributed by atoms with E-state index >= 15 is 0 Å². The van der Waals surface area contributed by atoms with Crippen LogP contribution in [0.15, 0.2) is 0 Å². The first-order chi connectivity index (χ1) is 13.2. The zero-order valence-electron chi connectivity index (χ0n) is 16.0. The molecule has 3 aliphatic rings. The van der Waals surface area contributed by atoms with E-state index < -0.39 is 40.0 Å². The van der Waals surface area contributed by atoms with Crippen LogP contribution in [0.3, 0.4) is 0 Å². The summed E-state index contributed by atoms with van der Waals surface area (Å²) in [6.45, 7) is 4.00. The van der Waals surface area contributed by atoms with Crippen LogP contribution in [0.25, 0.3) is 0 Å². The van der Waals surface area contributed by atoms with Gasteiger partial charge in [-0.15, -0.1) is 0 Å². The van der Waals surface area contributed by atoms with Crippen LogP contribution in [-0.2, 0) is 19.1 Å². The maximum atomic E-state index is 11.9. The normalized spacial score (nSPS) is 27.9. The number of hydroxylamine groups is 2. The molecule has 3 fully saturated rings. The van der Waals surface area contributed by atoms with Crippen molar-refractivity contribution in [3.8, 4) is 0 Å². The highest BCUT2D eigenvalue weighted by molar-refractivity contribution is 9.10. The minimum Gasteiger partial charge on any atom is -0.350 e. The van der Waals surface area contributed by atoms with E-state index in [9.17, 15) is 20.2 Å². The fourth-order valence-electron chi connectivity index (χ4n) is 3.99. The van der Waals surface area contributed by atoms with Crippen molar-refractivity contribution in [2.24, 2.45) is 0 Å². The standard InChI is InChI=1S/C16H26BrN3O8/c1-3-25-13(26-4-2)12-11-16(18(21)22,19(23)24)20(27-12)28-15(9-6-10-15)14(17)7-5-8-14/h12-13H,3-11H2,1-2H3. The Balaban J connectivity index is 1.89. The van der Waals surface area contributed by atoms with Crippen LogP contribution < -0.4 is 0 Å². The van der Waals surface area contributed by atoms with Gasteiger partial charge >= 0.3 is 5.79 Å². The highest BCUT2D eigenvalue weighted by atomic mass is 79.9. The van der Waals surface area contributed by atoms with E-state index in [0.29, 0.717) is 18.1 Å². The molecule has 0 aromatic rings. The van der Waals surface area contributed by atoms with Crippen LogP contribution in [-0.4, -0.2) is 56.4 Å². The first-order valence-corrected chi connectivity index (χ1v) is 10.4. The minimum atomic E-state index is -2.76. The molecule has 0 radical (unpaired) electrons. The zero-order chi connectivity index (χ0) is 20.6. The third-order valence-electron chi connectivity index (χ3n) is 5.93. The summed E-state index contributed by atoms with van der Waals surface area (Å²) in [4.78, 5) is 33.4. The van der Waals surface area contributed by atoms with Crippen molar-refractivity contribution in [2.45, 2.75) is 86.9 Å². The topological polar surface area (TPSA) is 126 Å². The summed E-state index contributed by atoms with van der Waals surface area (Å²) in [7, 11) is 0. The highest BCUT2D eigenvalue weighted by Crippen LogP contribution is 2.59. The van der Waals surface area contributed by atoms with Crippen molar-refractivity contribution in [3.63, 3.8) is 0 Å². The van der Waals surface area contributed by atoms with Crippen LogP contribution in [0.1, 0.15) is 58.8 Å².